The molecule has 0 aliphatic heterocycles. The van der Waals surface area contributed by atoms with Crippen LogP contribution in [0.25, 0.3) is 0 Å². The van der Waals surface area contributed by atoms with Crippen molar-refractivity contribution in [3.8, 4) is 0 Å². The first kappa shape index (κ1) is 15.9. The van der Waals surface area contributed by atoms with Gasteiger partial charge in [-0.05, 0) is 26.0 Å². The van der Waals surface area contributed by atoms with Gasteiger partial charge in [0.2, 0.25) is 5.95 Å². The fraction of sp³-hybridized carbons (Fsp3) is 0.357. The third kappa shape index (κ3) is 3.59. The number of halogens is 3. The lowest BCUT2D eigenvalue weighted by Gasteiger charge is -2.16. The third-order valence-electron chi connectivity index (χ3n) is 2.98. The molecule has 0 fully saturated rings. The second-order valence-electron chi connectivity index (χ2n) is 4.79. The second kappa shape index (κ2) is 6.53. The molecule has 0 spiro atoms. The zero-order chi connectivity index (χ0) is 15.6. The highest BCUT2D eigenvalue weighted by Crippen LogP contribution is 2.27. The number of methoxy groups -OCH3 is 1. The molecule has 0 amide bonds. The van der Waals surface area contributed by atoms with Gasteiger partial charge in [-0.1, -0.05) is 15.9 Å². The van der Waals surface area contributed by atoms with Gasteiger partial charge in [0.15, 0.2) is 11.6 Å². The van der Waals surface area contributed by atoms with Gasteiger partial charge in [-0.3, -0.25) is 0 Å². The summed E-state index contributed by atoms with van der Waals surface area (Å²) in [7, 11) is 1.60. The summed E-state index contributed by atoms with van der Waals surface area (Å²) in [6.07, 6.45) is 1.81. The molecule has 4 nitrogen and oxygen atoms in total. The van der Waals surface area contributed by atoms with Crippen molar-refractivity contribution in [3.63, 3.8) is 0 Å². The highest BCUT2D eigenvalue weighted by Gasteiger charge is 2.16. The highest BCUT2D eigenvalue weighted by molar-refractivity contribution is 9.10. The van der Waals surface area contributed by atoms with E-state index in [0.29, 0.717) is 17.0 Å². The number of benzene rings is 1. The van der Waals surface area contributed by atoms with Crippen molar-refractivity contribution in [1.82, 2.24) is 9.55 Å². The maximum absolute atomic E-state index is 13.9. The molecule has 7 heteroatoms. The summed E-state index contributed by atoms with van der Waals surface area (Å²) in [4.78, 5) is 4.27. The molecule has 1 aromatic heterocycles. The Kier molecular flexibility index (Phi) is 4.95. The lowest BCUT2D eigenvalue weighted by molar-refractivity contribution is 0.163. The van der Waals surface area contributed by atoms with Gasteiger partial charge in [-0.25, -0.2) is 13.8 Å². The number of hydrogen-bond donors (Lipinski definition) is 1. The molecule has 1 atom stereocenters. The minimum Gasteiger partial charge on any atom is -0.383 e. The molecule has 0 radical (unpaired) electrons. The number of imidazole rings is 1. The Bertz CT molecular complexity index is 622. The maximum atomic E-state index is 13.9. The Morgan fingerprint density at radius 3 is 2.57 bits per heavy atom. The number of aryl methyl sites for hydroxylation is 1. The van der Waals surface area contributed by atoms with Crippen LogP contribution in [0.1, 0.15) is 18.7 Å². The summed E-state index contributed by atoms with van der Waals surface area (Å²) in [5, 5.41) is 2.72. The van der Waals surface area contributed by atoms with Crippen LogP contribution in [0.4, 0.5) is 20.4 Å². The number of anilines is 2. The van der Waals surface area contributed by atoms with Gasteiger partial charge in [-0.15, -0.1) is 0 Å². The topological polar surface area (TPSA) is 39.1 Å². The van der Waals surface area contributed by atoms with Crippen molar-refractivity contribution in [2.24, 2.45) is 0 Å². The van der Waals surface area contributed by atoms with Crippen LogP contribution in [0.3, 0.4) is 0 Å². The SMILES string of the molecule is COCC(C)n1cc(C)nc1Nc1c(F)cc(Br)cc1F. The van der Waals surface area contributed by atoms with Crippen LogP contribution < -0.4 is 5.32 Å². The molecule has 0 bridgehead atoms. The quantitative estimate of drug-likeness (QED) is 0.869. The van der Waals surface area contributed by atoms with E-state index in [9.17, 15) is 8.78 Å². The predicted octanol–water partition coefficient (Wildman–Crippen LogP) is 4.18. The Labute approximate surface area is 130 Å². The van der Waals surface area contributed by atoms with E-state index in [1.54, 1.807) is 17.9 Å². The fourth-order valence-corrected chi connectivity index (χ4v) is 2.44. The van der Waals surface area contributed by atoms with Crippen molar-refractivity contribution in [1.29, 1.82) is 0 Å². The van der Waals surface area contributed by atoms with E-state index in [1.165, 1.54) is 12.1 Å². The minimum atomic E-state index is -0.687. The maximum Gasteiger partial charge on any atom is 0.208 e. The second-order valence-corrected chi connectivity index (χ2v) is 5.70. The number of rotatable bonds is 5. The van der Waals surface area contributed by atoms with E-state index in [2.05, 4.69) is 26.2 Å². The van der Waals surface area contributed by atoms with Crippen LogP contribution >= 0.6 is 15.9 Å². The van der Waals surface area contributed by atoms with E-state index in [0.717, 1.165) is 5.69 Å². The summed E-state index contributed by atoms with van der Waals surface area (Å²) in [6.45, 7) is 4.22. The van der Waals surface area contributed by atoms with Gasteiger partial charge in [0.05, 0.1) is 18.3 Å². The zero-order valence-corrected chi connectivity index (χ0v) is 13.5. The van der Waals surface area contributed by atoms with E-state index in [-0.39, 0.29) is 11.7 Å². The number of hydrogen-bond acceptors (Lipinski definition) is 3. The van der Waals surface area contributed by atoms with Crippen molar-refractivity contribution < 1.29 is 13.5 Å². The van der Waals surface area contributed by atoms with E-state index >= 15 is 0 Å². The summed E-state index contributed by atoms with van der Waals surface area (Å²) in [5.41, 5.74) is 0.521. The molecule has 0 aliphatic carbocycles. The summed E-state index contributed by atoms with van der Waals surface area (Å²) in [5.74, 6) is -1.00. The molecule has 1 unspecified atom stereocenters. The lowest BCUT2D eigenvalue weighted by atomic mass is 10.3. The van der Waals surface area contributed by atoms with Gasteiger partial charge in [0.25, 0.3) is 0 Å². The first-order valence-corrected chi connectivity index (χ1v) is 7.17. The molecule has 0 aliphatic rings. The van der Waals surface area contributed by atoms with E-state index in [1.807, 2.05) is 13.8 Å². The van der Waals surface area contributed by atoms with E-state index < -0.39 is 11.6 Å². The fourth-order valence-electron chi connectivity index (χ4n) is 2.04. The predicted molar refractivity (Wildman–Crippen MR) is 80.9 cm³/mol. The minimum absolute atomic E-state index is 0.0136. The van der Waals surface area contributed by atoms with Crippen LogP contribution in [0.5, 0.6) is 0 Å². The monoisotopic (exact) mass is 359 g/mol. The van der Waals surface area contributed by atoms with E-state index in [4.69, 9.17) is 4.74 Å². The number of nitrogens with zero attached hydrogens (tertiary/aromatic N) is 2. The smallest absolute Gasteiger partial charge is 0.208 e. The Hall–Kier alpha value is -1.47. The first-order chi connectivity index (χ1) is 9.92. The average molecular weight is 360 g/mol. The molecule has 21 heavy (non-hydrogen) atoms. The van der Waals surface area contributed by atoms with Crippen LogP contribution in [0, 0.1) is 18.6 Å². The standard InChI is InChI=1S/C14H16BrF2N3O/c1-8-6-20(9(2)7-21-3)14(18-8)19-13-11(16)4-10(15)5-12(13)17/h4-6,9H,7H2,1-3H3,(H,18,19). The average Bonchev–Trinajstić information content (AvgIpc) is 2.75. The molecule has 2 rings (SSSR count). The molecule has 2 aromatic rings. The van der Waals surface area contributed by atoms with Crippen molar-refractivity contribution in [2.45, 2.75) is 19.9 Å². The molecule has 1 aromatic carbocycles. The molecule has 1 heterocycles. The number of nitrogens with one attached hydrogen (secondary N) is 1. The van der Waals surface area contributed by atoms with Crippen LogP contribution in [-0.4, -0.2) is 23.3 Å². The van der Waals surface area contributed by atoms with Gasteiger partial charge in [0, 0.05) is 17.8 Å². The molecular weight excluding hydrogens is 344 g/mol. The van der Waals surface area contributed by atoms with Crippen LogP contribution in [0.15, 0.2) is 22.8 Å². The van der Waals surface area contributed by atoms with Gasteiger partial charge < -0.3 is 14.6 Å². The largest absolute Gasteiger partial charge is 0.383 e. The Morgan fingerprint density at radius 1 is 1.38 bits per heavy atom. The normalized spacial score (nSPS) is 12.5. The lowest BCUT2D eigenvalue weighted by Crippen LogP contribution is -2.13. The zero-order valence-electron chi connectivity index (χ0n) is 12.0. The Balaban J connectivity index is 2.36. The number of aromatic nitrogens is 2. The van der Waals surface area contributed by atoms with Crippen LogP contribution in [0.2, 0.25) is 0 Å². The van der Waals surface area contributed by atoms with Gasteiger partial charge >= 0.3 is 0 Å². The molecule has 0 saturated heterocycles. The first-order valence-electron chi connectivity index (χ1n) is 6.38. The third-order valence-corrected chi connectivity index (χ3v) is 3.44. The Morgan fingerprint density at radius 2 is 2.00 bits per heavy atom. The molecular formula is C14H16BrF2N3O. The van der Waals surface area contributed by atoms with Gasteiger partial charge in [0.1, 0.15) is 5.69 Å². The molecule has 114 valence electrons. The summed E-state index contributed by atoms with van der Waals surface area (Å²) in [6, 6.07) is 2.38. The van der Waals surface area contributed by atoms with Crippen LogP contribution in [-0.2, 0) is 4.74 Å². The summed E-state index contributed by atoms with van der Waals surface area (Å²) < 4.78 is 35.0. The molecule has 1 N–H and O–H groups in total. The highest BCUT2D eigenvalue weighted by atomic mass is 79.9. The number of ether oxygens (including phenoxy) is 1. The van der Waals surface area contributed by atoms with Crippen molar-refractivity contribution >= 4 is 27.6 Å². The van der Waals surface area contributed by atoms with Crippen molar-refractivity contribution in [2.75, 3.05) is 19.0 Å². The van der Waals surface area contributed by atoms with Crippen molar-refractivity contribution in [3.05, 3.63) is 40.1 Å². The molecule has 0 saturated carbocycles. The van der Waals surface area contributed by atoms with Gasteiger partial charge in [-0.2, -0.15) is 0 Å². The summed E-state index contributed by atoms with van der Waals surface area (Å²) >= 11 is 3.05.